The molecule has 0 unspecified atom stereocenters. The number of nitrogen functional groups attached to an aromatic ring is 2. The van der Waals surface area contributed by atoms with Gasteiger partial charge in [-0.1, -0.05) is 24.5 Å². The molecule has 7 heterocycles. The molecule has 0 bridgehead atoms. The Labute approximate surface area is 260 Å². The summed E-state index contributed by atoms with van der Waals surface area (Å²) in [5.74, 6) is -0.179. The molecule has 0 aromatic carbocycles. The van der Waals surface area contributed by atoms with E-state index >= 15 is 4.39 Å². The van der Waals surface area contributed by atoms with Crippen molar-refractivity contribution >= 4 is 72.2 Å². The van der Waals surface area contributed by atoms with Gasteiger partial charge in [0.2, 0.25) is 5.95 Å². The van der Waals surface area contributed by atoms with Crippen LogP contribution in [0.5, 0.6) is 0 Å². The minimum Gasteiger partial charge on any atom is -0.386 e. The highest BCUT2D eigenvalue weighted by Crippen LogP contribution is 2.60. The predicted octanol–water partition coefficient (Wildman–Crippen LogP) is 0.511. The van der Waals surface area contributed by atoms with Crippen molar-refractivity contribution in [2.24, 2.45) is 0 Å². The summed E-state index contributed by atoms with van der Waals surface area (Å²) in [6, 6.07) is 0. The number of alkyl halides is 1. The fraction of sp³-hybridized carbons (Fsp3) is 0.500. The monoisotopic (exact) mass is 708 g/mol. The Hall–Kier alpha value is -2.69. The van der Waals surface area contributed by atoms with Crippen LogP contribution in [-0.2, 0) is 36.7 Å². The minimum absolute atomic E-state index is 0.0413. The zero-order chi connectivity index (χ0) is 31.8. The van der Waals surface area contributed by atoms with Crippen LogP contribution in [0.2, 0.25) is 0 Å². The quantitative estimate of drug-likeness (QED) is 0.122. The van der Waals surface area contributed by atoms with E-state index in [0.717, 1.165) is 12.7 Å². The first kappa shape index (κ1) is 30.9. The van der Waals surface area contributed by atoms with Gasteiger partial charge in [0.05, 0.1) is 25.9 Å². The highest BCUT2D eigenvalue weighted by atomic mass is 32.7. The zero-order valence-corrected chi connectivity index (χ0v) is 25.9. The van der Waals surface area contributed by atoms with Gasteiger partial charge in [0.25, 0.3) is 5.56 Å². The van der Waals surface area contributed by atoms with E-state index in [1.807, 2.05) is 0 Å². The summed E-state index contributed by atoms with van der Waals surface area (Å²) in [6.45, 7) is -10.0. The molecule has 242 valence electrons. The Kier molecular flexibility index (Phi) is 7.72. The lowest BCUT2D eigenvalue weighted by atomic mass is 10.1. The molecule has 25 heteroatoms. The number of ether oxygens (including phenoxy) is 2. The van der Waals surface area contributed by atoms with Gasteiger partial charge in [-0.2, -0.15) is 4.98 Å². The Morgan fingerprint density at radius 3 is 2.22 bits per heavy atom. The number of aromatic amines is 1. The molecule has 0 spiro atoms. The van der Waals surface area contributed by atoms with Gasteiger partial charge in [-0.3, -0.25) is 37.0 Å². The molecule has 3 saturated heterocycles. The van der Waals surface area contributed by atoms with Crippen LogP contribution in [0, 0.1) is 0 Å². The molecule has 0 aliphatic carbocycles. The summed E-state index contributed by atoms with van der Waals surface area (Å²) in [4.78, 5) is 34.6. The number of aromatic nitrogens is 8. The number of nitrogens with zero attached hydrogens (tertiary/aromatic N) is 7. The molecule has 6 N–H and O–H groups in total. The molecule has 0 saturated carbocycles. The number of anilines is 2. The van der Waals surface area contributed by atoms with Crippen molar-refractivity contribution in [2.75, 3.05) is 24.7 Å². The van der Waals surface area contributed by atoms with Crippen LogP contribution in [0.15, 0.2) is 23.8 Å². The van der Waals surface area contributed by atoms with Crippen molar-refractivity contribution in [3.8, 4) is 0 Å². The maximum Gasteiger partial charge on any atom is 0.386 e. The average molecular weight is 709 g/mol. The second-order valence-corrected chi connectivity index (χ2v) is 15.8. The van der Waals surface area contributed by atoms with E-state index in [0.29, 0.717) is 0 Å². The summed E-state index contributed by atoms with van der Waals surface area (Å²) in [7, 11) is 0. The lowest BCUT2D eigenvalue weighted by molar-refractivity contribution is -0.0555. The summed E-state index contributed by atoms with van der Waals surface area (Å²) >= 11 is 8.03. The molecular formula is C20H23FN10O10P2S2. The van der Waals surface area contributed by atoms with E-state index in [1.54, 1.807) is 0 Å². The van der Waals surface area contributed by atoms with Crippen molar-refractivity contribution in [3.05, 3.63) is 29.3 Å². The lowest BCUT2D eigenvalue weighted by Gasteiger charge is -2.28. The molecule has 4 aromatic heterocycles. The van der Waals surface area contributed by atoms with E-state index in [4.69, 9.17) is 39.0 Å². The summed E-state index contributed by atoms with van der Waals surface area (Å²) in [5.41, 5.74) is 11.0. The van der Waals surface area contributed by atoms with Gasteiger partial charge in [-0.25, -0.2) is 33.5 Å². The van der Waals surface area contributed by atoms with Gasteiger partial charge in [0, 0.05) is 0 Å². The number of thiol groups is 2. The number of fused-ring (bicyclic) bond motifs is 4. The summed E-state index contributed by atoms with van der Waals surface area (Å²) in [6.07, 6.45) is -8.65. The van der Waals surface area contributed by atoms with E-state index in [2.05, 4.69) is 54.4 Å². The molecule has 3 aliphatic heterocycles. The Morgan fingerprint density at radius 2 is 1.51 bits per heavy atom. The molecule has 7 rings (SSSR count). The van der Waals surface area contributed by atoms with Gasteiger partial charge in [0.15, 0.2) is 41.3 Å². The second-order valence-electron chi connectivity index (χ2n) is 10.1. The number of hydrogen-bond acceptors (Lipinski definition) is 17. The molecule has 45 heavy (non-hydrogen) atoms. The fourth-order valence-electron chi connectivity index (χ4n) is 5.28. The van der Waals surface area contributed by atoms with Gasteiger partial charge in [-0.15, -0.1) is 0 Å². The third-order valence-electron chi connectivity index (χ3n) is 7.28. The average Bonchev–Trinajstić information content (AvgIpc) is 3.72. The molecular weight excluding hydrogens is 685 g/mol. The standard InChI is InChI=1S/C20H23FN10O10P2S2/c21-8-12-6(38-18(8)30-4-26-9-14(22)24-3-25-15(9)30)1-36-43(35,45)41-13-7(2-37-42(34,44)40-12)39-19(11(13)32)31-5-27-10-16(31)28-20(23)29-17(10)33/h3-8,11-13,18-19,32H,1-2H2,(H,34,44)(H,35,45)(H2,22,24,25)(H3,23,28,29,33)/t6-,7-,8-,11-,12-,13-,18-,19-,42+,43-/m1/s1. The van der Waals surface area contributed by atoms with Crippen LogP contribution in [0.1, 0.15) is 12.5 Å². The number of aliphatic hydroxyl groups excluding tert-OH is 1. The number of hydrogen-bond donors (Lipinski definition) is 6. The molecule has 0 amide bonds. The number of imidazole rings is 2. The molecule has 3 fully saturated rings. The summed E-state index contributed by atoms with van der Waals surface area (Å²) in [5, 5.41) is 11.2. The second kappa shape index (κ2) is 11.2. The first-order chi connectivity index (χ1) is 21.3. The van der Waals surface area contributed by atoms with Crippen molar-refractivity contribution < 1.29 is 46.2 Å². The summed E-state index contributed by atoms with van der Waals surface area (Å²) < 4.78 is 78.9. The van der Waals surface area contributed by atoms with Crippen LogP contribution in [-0.4, -0.2) is 94.0 Å². The first-order valence-corrected chi connectivity index (χ1v) is 18.3. The zero-order valence-electron chi connectivity index (χ0n) is 22.3. The number of aliphatic hydroxyl groups is 1. The largest absolute Gasteiger partial charge is 0.386 e. The number of nitrogens with one attached hydrogen (secondary N) is 1. The van der Waals surface area contributed by atoms with Crippen LogP contribution < -0.4 is 17.0 Å². The van der Waals surface area contributed by atoms with Crippen LogP contribution in [0.25, 0.3) is 22.3 Å². The third-order valence-corrected chi connectivity index (χ3v) is 10.5. The molecule has 10 atom stereocenters. The maximum atomic E-state index is 16.0. The fourth-order valence-corrected chi connectivity index (χ4v) is 8.25. The molecule has 0 radical (unpaired) electrons. The van der Waals surface area contributed by atoms with Gasteiger partial charge >= 0.3 is 13.6 Å². The van der Waals surface area contributed by atoms with Crippen molar-refractivity contribution in [3.63, 3.8) is 0 Å². The normalized spacial score (nSPS) is 37.7. The van der Waals surface area contributed by atoms with E-state index in [9.17, 15) is 19.0 Å². The Balaban J connectivity index is 1.17. The van der Waals surface area contributed by atoms with Crippen LogP contribution >= 0.6 is 38.1 Å². The van der Waals surface area contributed by atoms with Crippen molar-refractivity contribution in [1.29, 1.82) is 0 Å². The van der Waals surface area contributed by atoms with Crippen molar-refractivity contribution in [2.45, 2.75) is 49.1 Å². The van der Waals surface area contributed by atoms with E-state index in [1.165, 1.54) is 15.5 Å². The van der Waals surface area contributed by atoms with Gasteiger partial charge in [0.1, 0.15) is 42.4 Å². The van der Waals surface area contributed by atoms with E-state index in [-0.39, 0.29) is 34.1 Å². The van der Waals surface area contributed by atoms with E-state index < -0.39 is 81.5 Å². The SMILES string of the molecule is Nc1nc2c(ncn2[C@@H]2O[C@@H]3CO[P@](=O)(S)O[C@H]4[C@@H](F)[C@H](n5cnc6c(N)ncnc65)O[C@@H]4CO[P@@](=O)(S)O[C@H]3[C@H]2O)c(=O)[nH]1. The lowest BCUT2D eigenvalue weighted by Crippen LogP contribution is -2.37. The maximum absolute atomic E-state index is 16.0. The highest BCUT2D eigenvalue weighted by molar-refractivity contribution is 8.44. The molecule has 20 nitrogen and oxygen atoms in total. The number of halogens is 1. The number of rotatable bonds is 2. The highest BCUT2D eigenvalue weighted by Gasteiger charge is 2.54. The first-order valence-electron chi connectivity index (χ1n) is 12.9. The van der Waals surface area contributed by atoms with Crippen LogP contribution in [0.3, 0.4) is 0 Å². The minimum atomic E-state index is -4.39. The smallest absolute Gasteiger partial charge is 0.386 e. The Morgan fingerprint density at radius 1 is 0.911 bits per heavy atom. The predicted molar refractivity (Wildman–Crippen MR) is 156 cm³/mol. The van der Waals surface area contributed by atoms with Gasteiger partial charge in [-0.05, 0) is 0 Å². The van der Waals surface area contributed by atoms with Gasteiger partial charge < -0.3 is 26.0 Å². The topological polar surface area (TPSA) is 269 Å². The Bertz CT molecular complexity index is 1950. The van der Waals surface area contributed by atoms with Crippen LogP contribution in [0.4, 0.5) is 16.2 Å². The molecule has 4 aromatic rings. The van der Waals surface area contributed by atoms with Crippen molar-refractivity contribution in [1.82, 2.24) is 39.0 Å². The molecule has 3 aliphatic rings. The third kappa shape index (κ3) is 5.54. The number of H-pyrrole nitrogens is 1. The number of nitrogens with two attached hydrogens (primary N) is 2.